The molecule has 0 unspecified atom stereocenters. The molecule has 0 saturated carbocycles. The first-order valence-corrected chi connectivity index (χ1v) is 9.41. The van der Waals surface area contributed by atoms with Gasteiger partial charge in [-0.3, -0.25) is 9.69 Å². The highest BCUT2D eigenvalue weighted by atomic mass is 16.5. The Morgan fingerprint density at radius 2 is 1.81 bits per heavy atom. The number of nitrogens with one attached hydrogen (secondary N) is 1. The molecule has 0 bridgehead atoms. The van der Waals surface area contributed by atoms with Crippen molar-refractivity contribution in [2.45, 2.75) is 13.3 Å². The van der Waals surface area contributed by atoms with Gasteiger partial charge in [0.1, 0.15) is 5.75 Å². The summed E-state index contributed by atoms with van der Waals surface area (Å²) in [4.78, 5) is 25.1. The molecule has 0 spiro atoms. The van der Waals surface area contributed by atoms with Crippen molar-refractivity contribution in [3.05, 3.63) is 48.3 Å². The number of aromatic nitrogens is 2. The minimum atomic E-state index is -0.0818. The van der Waals surface area contributed by atoms with E-state index in [9.17, 15) is 4.79 Å². The van der Waals surface area contributed by atoms with Gasteiger partial charge in [0.05, 0.1) is 0 Å². The van der Waals surface area contributed by atoms with Gasteiger partial charge in [0.25, 0.3) is 5.91 Å². The maximum absolute atomic E-state index is 11.9. The molecular formula is C20H27N5O2. The summed E-state index contributed by atoms with van der Waals surface area (Å²) in [7, 11) is 0. The van der Waals surface area contributed by atoms with E-state index in [0.717, 1.165) is 50.8 Å². The van der Waals surface area contributed by atoms with E-state index in [1.165, 1.54) is 5.56 Å². The normalized spacial score (nSPS) is 14.8. The van der Waals surface area contributed by atoms with E-state index in [-0.39, 0.29) is 12.5 Å². The predicted octanol–water partition coefficient (Wildman–Crippen LogP) is 1.49. The lowest BCUT2D eigenvalue weighted by molar-refractivity contribution is -0.123. The maximum atomic E-state index is 11.9. The quantitative estimate of drug-likeness (QED) is 0.711. The number of piperazine rings is 1. The van der Waals surface area contributed by atoms with Crippen LogP contribution in [0.3, 0.4) is 0 Å². The molecule has 1 aliphatic heterocycles. The smallest absolute Gasteiger partial charge is 0.257 e. The van der Waals surface area contributed by atoms with E-state index in [0.29, 0.717) is 6.54 Å². The standard InChI is InChI=1S/C20H27N5O2/c1-17-4-6-18(7-5-17)27-16-19(26)21-10-3-11-24-12-14-25(15-13-24)20-22-8-2-9-23-20/h2,4-9H,3,10-16H2,1H3,(H,21,26). The minimum Gasteiger partial charge on any atom is -0.484 e. The van der Waals surface area contributed by atoms with Crippen molar-refractivity contribution in [1.29, 1.82) is 0 Å². The lowest BCUT2D eigenvalue weighted by atomic mass is 10.2. The zero-order valence-electron chi connectivity index (χ0n) is 15.8. The molecule has 3 rings (SSSR count). The van der Waals surface area contributed by atoms with Gasteiger partial charge in [-0.15, -0.1) is 0 Å². The van der Waals surface area contributed by atoms with Crippen molar-refractivity contribution in [3.63, 3.8) is 0 Å². The zero-order chi connectivity index (χ0) is 18.9. The second-order valence-electron chi connectivity index (χ2n) is 6.68. The molecule has 1 saturated heterocycles. The first-order valence-electron chi connectivity index (χ1n) is 9.41. The summed E-state index contributed by atoms with van der Waals surface area (Å²) < 4.78 is 5.48. The van der Waals surface area contributed by atoms with Crippen molar-refractivity contribution >= 4 is 11.9 Å². The Hall–Kier alpha value is -2.67. The van der Waals surface area contributed by atoms with Crippen LogP contribution in [0.4, 0.5) is 5.95 Å². The van der Waals surface area contributed by atoms with Crippen LogP contribution >= 0.6 is 0 Å². The lowest BCUT2D eigenvalue weighted by Crippen LogP contribution is -2.47. The highest BCUT2D eigenvalue weighted by Gasteiger charge is 2.18. The Balaban J connectivity index is 1.26. The average molecular weight is 369 g/mol. The van der Waals surface area contributed by atoms with Crippen LogP contribution in [0.15, 0.2) is 42.7 Å². The van der Waals surface area contributed by atoms with Gasteiger partial charge in [0.2, 0.25) is 5.95 Å². The van der Waals surface area contributed by atoms with Crippen LogP contribution in [0, 0.1) is 6.92 Å². The lowest BCUT2D eigenvalue weighted by Gasteiger charge is -2.34. The second-order valence-corrected chi connectivity index (χ2v) is 6.68. The summed E-state index contributed by atoms with van der Waals surface area (Å²) in [6.07, 6.45) is 4.48. The number of carbonyl (C=O) groups is 1. The van der Waals surface area contributed by atoms with E-state index in [1.54, 1.807) is 12.4 Å². The molecule has 1 amide bonds. The van der Waals surface area contributed by atoms with Gasteiger partial charge in [0, 0.05) is 45.1 Å². The number of hydrogen-bond acceptors (Lipinski definition) is 6. The third-order valence-corrected chi connectivity index (χ3v) is 4.57. The van der Waals surface area contributed by atoms with Gasteiger partial charge < -0.3 is 15.0 Å². The third kappa shape index (κ3) is 6.21. The molecule has 1 N–H and O–H groups in total. The summed E-state index contributed by atoms with van der Waals surface area (Å²) in [6.45, 7) is 7.55. The Morgan fingerprint density at radius 3 is 2.52 bits per heavy atom. The molecule has 7 nitrogen and oxygen atoms in total. The van der Waals surface area contributed by atoms with Gasteiger partial charge in [0.15, 0.2) is 6.61 Å². The summed E-state index contributed by atoms with van der Waals surface area (Å²) >= 11 is 0. The van der Waals surface area contributed by atoms with Crippen LogP contribution in [0.2, 0.25) is 0 Å². The fourth-order valence-electron chi connectivity index (χ4n) is 2.99. The molecule has 2 heterocycles. The molecule has 2 aromatic rings. The first-order chi connectivity index (χ1) is 13.2. The minimum absolute atomic E-state index is 0.0544. The molecule has 1 fully saturated rings. The molecule has 0 aliphatic carbocycles. The Morgan fingerprint density at radius 1 is 1.11 bits per heavy atom. The molecule has 0 radical (unpaired) electrons. The monoisotopic (exact) mass is 369 g/mol. The molecule has 7 heteroatoms. The van der Waals surface area contributed by atoms with Gasteiger partial charge >= 0.3 is 0 Å². The topological polar surface area (TPSA) is 70.6 Å². The van der Waals surface area contributed by atoms with Crippen molar-refractivity contribution in [2.75, 3.05) is 50.8 Å². The molecule has 144 valence electrons. The van der Waals surface area contributed by atoms with E-state index >= 15 is 0 Å². The number of rotatable bonds is 8. The first kappa shape index (κ1) is 19.1. The molecule has 27 heavy (non-hydrogen) atoms. The van der Waals surface area contributed by atoms with Crippen molar-refractivity contribution in [3.8, 4) is 5.75 Å². The van der Waals surface area contributed by atoms with Crippen LogP contribution in [-0.2, 0) is 4.79 Å². The van der Waals surface area contributed by atoms with E-state index in [1.807, 2.05) is 37.3 Å². The Labute approximate surface area is 160 Å². The number of hydrogen-bond donors (Lipinski definition) is 1. The zero-order valence-corrected chi connectivity index (χ0v) is 15.8. The van der Waals surface area contributed by atoms with Crippen molar-refractivity contribution < 1.29 is 9.53 Å². The summed E-state index contributed by atoms with van der Waals surface area (Å²) in [5.41, 5.74) is 1.17. The van der Waals surface area contributed by atoms with Crippen LogP contribution in [-0.4, -0.2) is 66.7 Å². The van der Waals surface area contributed by atoms with Gasteiger partial charge in [-0.2, -0.15) is 0 Å². The number of carbonyl (C=O) groups excluding carboxylic acids is 1. The summed E-state index contributed by atoms with van der Waals surface area (Å²) in [5.74, 6) is 1.44. The number of amides is 1. The Kier molecular flexibility index (Phi) is 6.98. The predicted molar refractivity (Wildman–Crippen MR) is 105 cm³/mol. The van der Waals surface area contributed by atoms with Crippen molar-refractivity contribution in [1.82, 2.24) is 20.2 Å². The highest BCUT2D eigenvalue weighted by molar-refractivity contribution is 5.77. The second kappa shape index (κ2) is 9.87. The van der Waals surface area contributed by atoms with E-state index in [4.69, 9.17) is 4.74 Å². The highest BCUT2D eigenvalue weighted by Crippen LogP contribution is 2.11. The maximum Gasteiger partial charge on any atom is 0.257 e. The molecule has 1 aliphatic rings. The number of benzene rings is 1. The van der Waals surface area contributed by atoms with Crippen LogP contribution < -0.4 is 15.0 Å². The number of aryl methyl sites for hydroxylation is 1. The van der Waals surface area contributed by atoms with E-state index in [2.05, 4.69) is 25.1 Å². The number of ether oxygens (including phenoxy) is 1. The third-order valence-electron chi connectivity index (χ3n) is 4.57. The fraction of sp³-hybridized carbons (Fsp3) is 0.450. The van der Waals surface area contributed by atoms with Gasteiger partial charge in [-0.25, -0.2) is 9.97 Å². The van der Waals surface area contributed by atoms with Crippen LogP contribution in [0.1, 0.15) is 12.0 Å². The number of anilines is 1. The van der Waals surface area contributed by atoms with Crippen molar-refractivity contribution in [2.24, 2.45) is 0 Å². The van der Waals surface area contributed by atoms with Crippen LogP contribution in [0.5, 0.6) is 5.75 Å². The molecule has 1 aromatic carbocycles. The summed E-state index contributed by atoms with van der Waals surface area (Å²) in [6, 6.07) is 9.53. The largest absolute Gasteiger partial charge is 0.484 e. The SMILES string of the molecule is Cc1ccc(OCC(=O)NCCCN2CCN(c3ncccn3)CC2)cc1. The number of nitrogens with zero attached hydrogens (tertiary/aromatic N) is 4. The molecule has 1 aromatic heterocycles. The average Bonchev–Trinajstić information content (AvgIpc) is 2.72. The van der Waals surface area contributed by atoms with Crippen LogP contribution in [0.25, 0.3) is 0 Å². The molecule has 0 atom stereocenters. The fourth-order valence-corrected chi connectivity index (χ4v) is 2.99. The van der Waals surface area contributed by atoms with Gasteiger partial charge in [-0.1, -0.05) is 17.7 Å². The van der Waals surface area contributed by atoms with E-state index < -0.39 is 0 Å². The Bertz CT molecular complexity index is 700. The molecular weight excluding hydrogens is 342 g/mol. The van der Waals surface area contributed by atoms with Gasteiger partial charge in [-0.05, 0) is 38.1 Å². The summed E-state index contributed by atoms with van der Waals surface area (Å²) in [5, 5.41) is 2.92.